The number of hydrogen-bond donors (Lipinski definition) is 1. The molecular weight excluding hydrogens is 348 g/mol. The number of benzene rings is 2. The van der Waals surface area contributed by atoms with Crippen LogP contribution in [0.1, 0.15) is 15.9 Å². The van der Waals surface area contributed by atoms with Crippen LogP contribution in [0.4, 0.5) is 5.69 Å². The average molecular weight is 361 g/mol. The van der Waals surface area contributed by atoms with Crippen LogP contribution in [0.3, 0.4) is 0 Å². The molecule has 0 saturated carbocycles. The quantitative estimate of drug-likeness (QED) is 0.495. The molecule has 1 N–H and O–H groups in total. The lowest BCUT2D eigenvalue weighted by molar-refractivity contribution is -0.119. The topological polar surface area (TPSA) is 79.2 Å². The zero-order chi connectivity index (χ0) is 17.5. The number of nitrogens with one attached hydrogen (secondary N) is 1. The van der Waals surface area contributed by atoms with Crippen molar-refractivity contribution in [3.05, 3.63) is 58.6 Å². The predicted octanol–water partition coefficient (Wildman–Crippen LogP) is 4.02. The zero-order valence-electron chi connectivity index (χ0n) is 12.7. The summed E-state index contributed by atoms with van der Waals surface area (Å²) in [6.07, 6.45) is 0. The molecule has 122 valence electrons. The standard InChI is InChI=1S/C17H13ClN2O3S/c1-11-7-14(24-10-19)5-6-15(11)20-16(21)9-23-17(22)12-3-2-4-13(18)8-12/h2-8H,9H2,1H3,(H,20,21). The van der Waals surface area contributed by atoms with Crippen LogP contribution in [0.5, 0.6) is 0 Å². The molecule has 1 amide bonds. The zero-order valence-corrected chi connectivity index (χ0v) is 14.3. The fraction of sp³-hybridized carbons (Fsp3) is 0.118. The first-order valence-corrected chi connectivity index (χ1v) is 8.08. The number of carbonyl (C=O) groups excluding carboxylic acids is 2. The van der Waals surface area contributed by atoms with Crippen molar-refractivity contribution < 1.29 is 14.3 Å². The molecule has 5 nitrogen and oxygen atoms in total. The fourth-order valence-electron chi connectivity index (χ4n) is 1.91. The number of hydrogen-bond acceptors (Lipinski definition) is 5. The van der Waals surface area contributed by atoms with Gasteiger partial charge in [-0.2, -0.15) is 5.26 Å². The van der Waals surface area contributed by atoms with Crippen LogP contribution in [0.2, 0.25) is 5.02 Å². The fourth-order valence-corrected chi connectivity index (χ4v) is 2.58. The number of ether oxygens (including phenoxy) is 1. The van der Waals surface area contributed by atoms with Gasteiger partial charge >= 0.3 is 5.97 Å². The van der Waals surface area contributed by atoms with Gasteiger partial charge in [-0.25, -0.2) is 4.79 Å². The van der Waals surface area contributed by atoms with E-state index in [2.05, 4.69) is 5.32 Å². The molecule has 2 aromatic carbocycles. The maximum atomic E-state index is 11.9. The molecule has 0 atom stereocenters. The van der Waals surface area contributed by atoms with Crippen LogP contribution in [-0.2, 0) is 9.53 Å². The summed E-state index contributed by atoms with van der Waals surface area (Å²) in [6, 6.07) is 11.5. The van der Waals surface area contributed by atoms with Crippen LogP contribution in [0, 0.1) is 17.6 Å². The molecule has 0 aliphatic carbocycles. The maximum Gasteiger partial charge on any atom is 0.338 e. The highest BCUT2D eigenvalue weighted by atomic mass is 35.5. The van der Waals surface area contributed by atoms with Crippen molar-refractivity contribution in [1.29, 1.82) is 5.26 Å². The van der Waals surface area contributed by atoms with Gasteiger partial charge in [-0.05, 0) is 60.6 Å². The number of anilines is 1. The molecule has 0 aliphatic rings. The van der Waals surface area contributed by atoms with Gasteiger partial charge in [0.15, 0.2) is 6.61 Å². The Morgan fingerprint density at radius 2 is 2.08 bits per heavy atom. The minimum absolute atomic E-state index is 0.282. The number of thioether (sulfide) groups is 1. The van der Waals surface area contributed by atoms with Crippen molar-refractivity contribution in [3.8, 4) is 5.40 Å². The average Bonchev–Trinajstić information content (AvgIpc) is 2.55. The summed E-state index contributed by atoms with van der Waals surface area (Å²) in [5.41, 5.74) is 1.69. The molecule has 24 heavy (non-hydrogen) atoms. The molecule has 0 unspecified atom stereocenters. The van der Waals surface area contributed by atoms with Gasteiger partial charge in [0, 0.05) is 15.6 Å². The Hall–Kier alpha value is -2.49. The predicted molar refractivity (Wildman–Crippen MR) is 93.0 cm³/mol. The number of nitriles is 1. The van der Waals surface area contributed by atoms with Gasteiger partial charge < -0.3 is 10.1 Å². The minimum Gasteiger partial charge on any atom is -0.452 e. The third kappa shape index (κ3) is 5.01. The summed E-state index contributed by atoms with van der Waals surface area (Å²) in [6.45, 7) is 1.41. The maximum absolute atomic E-state index is 11.9. The number of aryl methyl sites for hydroxylation is 1. The third-order valence-electron chi connectivity index (χ3n) is 3.03. The van der Waals surface area contributed by atoms with E-state index >= 15 is 0 Å². The first-order valence-electron chi connectivity index (χ1n) is 6.88. The van der Waals surface area contributed by atoms with Gasteiger partial charge in [0.05, 0.1) is 5.56 Å². The number of nitrogens with zero attached hydrogens (tertiary/aromatic N) is 1. The van der Waals surface area contributed by atoms with E-state index in [0.29, 0.717) is 10.7 Å². The van der Waals surface area contributed by atoms with E-state index in [9.17, 15) is 9.59 Å². The molecule has 0 fully saturated rings. The summed E-state index contributed by atoms with van der Waals surface area (Å²) in [7, 11) is 0. The highest BCUT2D eigenvalue weighted by Gasteiger charge is 2.11. The minimum atomic E-state index is -0.620. The SMILES string of the molecule is Cc1cc(SC#N)ccc1NC(=O)COC(=O)c1cccc(Cl)c1. The van der Waals surface area contributed by atoms with Crippen LogP contribution in [0.15, 0.2) is 47.4 Å². The summed E-state index contributed by atoms with van der Waals surface area (Å²) in [5.74, 6) is -1.07. The smallest absolute Gasteiger partial charge is 0.338 e. The molecule has 2 aromatic rings. The Kier molecular flexibility index (Phi) is 6.24. The van der Waals surface area contributed by atoms with E-state index in [-0.39, 0.29) is 5.56 Å². The highest BCUT2D eigenvalue weighted by molar-refractivity contribution is 8.03. The number of thiocyanates is 1. The molecule has 2 rings (SSSR count). The van der Waals surface area contributed by atoms with E-state index in [1.165, 1.54) is 6.07 Å². The van der Waals surface area contributed by atoms with Crippen LogP contribution >= 0.6 is 23.4 Å². The van der Waals surface area contributed by atoms with Gasteiger partial charge in [0.1, 0.15) is 5.40 Å². The number of carbonyl (C=O) groups is 2. The molecular formula is C17H13ClN2O3S. The third-order valence-corrected chi connectivity index (χ3v) is 3.85. The van der Waals surface area contributed by atoms with E-state index in [1.807, 2.05) is 12.3 Å². The number of amides is 1. The van der Waals surface area contributed by atoms with E-state index in [1.54, 1.807) is 36.4 Å². The van der Waals surface area contributed by atoms with Gasteiger partial charge in [0.25, 0.3) is 5.91 Å². The van der Waals surface area contributed by atoms with Crippen molar-refractivity contribution in [2.24, 2.45) is 0 Å². The molecule has 0 bridgehead atoms. The summed E-state index contributed by atoms with van der Waals surface area (Å²) < 4.78 is 4.96. The van der Waals surface area contributed by atoms with Crippen LogP contribution in [-0.4, -0.2) is 18.5 Å². The summed E-state index contributed by atoms with van der Waals surface area (Å²) in [4.78, 5) is 24.5. The lowest BCUT2D eigenvalue weighted by atomic mass is 10.2. The van der Waals surface area contributed by atoms with Crippen molar-refractivity contribution in [3.63, 3.8) is 0 Å². The Labute approximate surface area is 148 Å². The van der Waals surface area contributed by atoms with Gasteiger partial charge in [-0.3, -0.25) is 4.79 Å². The Morgan fingerprint density at radius 1 is 1.29 bits per heavy atom. The Morgan fingerprint density at radius 3 is 2.75 bits per heavy atom. The van der Waals surface area contributed by atoms with Crippen molar-refractivity contribution >= 4 is 40.9 Å². The highest BCUT2D eigenvalue weighted by Crippen LogP contribution is 2.23. The largest absolute Gasteiger partial charge is 0.452 e. The van der Waals surface area contributed by atoms with Gasteiger partial charge in [0.2, 0.25) is 0 Å². The second-order valence-corrected chi connectivity index (χ2v) is 6.10. The van der Waals surface area contributed by atoms with E-state index in [4.69, 9.17) is 21.6 Å². The van der Waals surface area contributed by atoms with E-state index in [0.717, 1.165) is 22.2 Å². The van der Waals surface area contributed by atoms with Crippen molar-refractivity contribution in [1.82, 2.24) is 0 Å². The first-order chi connectivity index (χ1) is 11.5. The number of halogens is 1. The number of esters is 1. The molecule has 7 heteroatoms. The summed E-state index contributed by atoms with van der Waals surface area (Å²) >= 11 is 6.85. The lowest BCUT2D eigenvalue weighted by Gasteiger charge is -2.10. The summed E-state index contributed by atoms with van der Waals surface area (Å²) in [5, 5.41) is 13.7. The Bertz CT molecular complexity index is 818. The van der Waals surface area contributed by atoms with Crippen molar-refractivity contribution in [2.45, 2.75) is 11.8 Å². The van der Waals surface area contributed by atoms with Crippen LogP contribution < -0.4 is 5.32 Å². The second kappa shape index (κ2) is 8.39. The molecule has 0 heterocycles. The monoisotopic (exact) mass is 360 g/mol. The molecule has 0 aliphatic heterocycles. The number of rotatable bonds is 5. The second-order valence-electron chi connectivity index (χ2n) is 4.80. The van der Waals surface area contributed by atoms with Crippen molar-refractivity contribution in [2.75, 3.05) is 11.9 Å². The molecule has 0 spiro atoms. The molecule has 0 aromatic heterocycles. The first kappa shape index (κ1) is 17.9. The normalized spacial score (nSPS) is 9.88. The van der Waals surface area contributed by atoms with Gasteiger partial charge in [-0.1, -0.05) is 17.7 Å². The van der Waals surface area contributed by atoms with Gasteiger partial charge in [-0.15, -0.1) is 0 Å². The molecule has 0 saturated heterocycles. The lowest BCUT2D eigenvalue weighted by Crippen LogP contribution is -2.21. The van der Waals surface area contributed by atoms with E-state index < -0.39 is 18.5 Å². The molecule has 0 radical (unpaired) electrons. The van der Waals surface area contributed by atoms with Crippen LogP contribution in [0.25, 0.3) is 0 Å². The Balaban J connectivity index is 1.92.